The van der Waals surface area contributed by atoms with Gasteiger partial charge < -0.3 is 5.11 Å². The van der Waals surface area contributed by atoms with Gasteiger partial charge in [-0.3, -0.25) is 9.69 Å². The van der Waals surface area contributed by atoms with Crippen LogP contribution in [0.25, 0.3) is 0 Å². The Bertz CT molecular complexity index is 360. The second-order valence-electron chi connectivity index (χ2n) is 4.38. The Morgan fingerprint density at radius 1 is 1.24 bits per heavy atom. The predicted molar refractivity (Wildman–Crippen MR) is 69.0 cm³/mol. The number of benzene rings is 1. The van der Waals surface area contributed by atoms with Crippen LogP contribution in [-0.4, -0.2) is 29.1 Å². The molecule has 94 valence electrons. The maximum absolute atomic E-state index is 11.1. The van der Waals surface area contributed by atoms with Gasteiger partial charge in [-0.15, -0.1) is 0 Å². The van der Waals surface area contributed by atoms with Gasteiger partial charge in [0.05, 0.1) is 12.0 Å². The summed E-state index contributed by atoms with van der Waals surface area (Å²) in [5.41, 5.74) is 0.627. The van der Waals surface area contributed by atoms with Crippen molar-refractivity contribution in [2.24, 2.45) is 0 Å². The molecule has 0 amide bonds. The van der Waals surface area contributed by atoms with E-state index >= 15 is 0 Å². The number of rotatable bonds is 6. The maximum Gasteiger partial charge on any atom is 0.305 e. The Kier molecular flexibility index (Phi) is 4.70. The number of hydrogen-bond acceptors (Lipinski definition) is 2. The first kappa shape index (κ1) is 13.7. The summed E-state index contributed by atoms with van der Waals surface area (Å²) in [6.07, 6.45) is 0.124. The fourth-order valence-electron chi connectivity index (χ4n) is 2.41. The Hall–Kier alpha value is -1.35. The van der Waals surface area contributed by atoms with Crippen LogP contribution in [0.1, 0.15) is 32.8 Å². The summed E-state index contributed by atoms with van der Waals surface area (Å²) in [4.78, 5) is 13.3. The van der Waals surface area contributed by atoms with Crippen molar-refractivity contribution in [3.05, 3.63) is 35.9 Å². The van der Waals surface area contributed by atoms with Gasteiger partial charge in [-0.25, -0.2) is 0 Å². The molecule has 0 spiro atoms. The molecular weight excluding hydrogens is 214 g/mol. The molecule has 1 aromatic rings. The number of carbonyl (C=O) groups is 1. The van der Waals surface area contributed by atoms with Crippen molar-refractivity contribution in [2.75, 3.05) is 13.1 Å². The van der Waals surface area contributed by atoms with Crippen molar-refractivity contribution in [1.82, 2.24) is 4.90 Å². The minimum atomic E-state index is -0.761. The first-order valence-electron chi connectivity index (χ1n) is 6.07. The average molecular weight is 235 g/mol. The van der Waals surface area contributed by atoms with E-state index in [1.54, 1.807) is 0 Å². The van der Waals surface area contributed by atoms with Crippen LogP contribution in [-0.2, 0) is 10.3 Å². The Morgan fingerprint density at radius 3 is 2.18 bits per heavy atom. The number of hydrogen-bond donors (Lipinski definition) is 1. The van der Waals surface area contributed by atoms with Crippen LogP contribution in [0.15, 0.2) is 30.3 Å². The Balaban J connectivity index is 3.13. The molecule has 0 saturated carbocycles. The molecule has 1 rings (SSSR count). The van der Waals surface area contributed by atoms with E-state index in [1.165, 1.54) is 0 Å². The largest absolute Gasteiger partial charge is 0.481 e. The standard InChI is InChI=1S/C14H21NO2/c1-4-15(5-2)14(3,11-13(16)17)12-9-7-6-8-10-12/h6-10H,4-5,11H2,1-3H3,(H,16,17). The normalized spacial score (nSPS) is 14.6. The molecule has 0 bridgehead atoms. The molecule has 17 heavy (non-hydrogen) atoms. The number of aliphatic carboxylic acids is 1. The molecule has 1 atom stereocenters. The molecule has 1 N–H and O–H groups in total. The molecule has 0 heterocycles. The van der Waals surface area contributed by atoms with Crippen LogP contribution in [0.3, 0.4) is 0 Å². The van der Waals surface area contributed by atoms with E-state index in [1.807, 2.05) is 37.3 Å². The summed E-state index contributed by atoms with van der Waals surface area (Å²) in [5, 5.41) is 9.12. The smallest absolute Gasteiger partial charge is 0.305 e. The molecule has 1 aromatic carbocycles. The first-order chi connectivity index (χ1) is 8.04. The van der Waals surface area contributed by atoms with E-state index in [0.29, 0.717) is 0 Å². The number of nitrogens with zero attached hydrogens (tertiary/aromatic N) is 1. The highest BCUT2D eigenvalue weighted by Gasteiger charge is 2.34. The fraction of sp³-hybridized carbons (Fsp3) is 0.500. The van der Waals surface area contributed by atoms with Gasteiger partial charge in [0.1, 0.15) is 0 Å². The third kappa shape index (κ3) is 3.07. The van der Waals surface area contributed by atoms with Gasteiger partial charge in [0, 0.05) is 0 Å². The molecule has 0 aliphatic carbocycles. The fourth-order valence-corrected chi connectivity index (χ4v) is 2.41. The van der Waals surface area contributed by atoms with Gasteiger partial charge in [0.25, 0.3) is 0 Å². The zero-order chi connectivity index (χ0) is 12.9. The lowest BCUT2D eigenvalue weighted by atomic mass is 9.86. The van der Waals surface area contributed by atoms with Crippen molar-refractivity contribution in [1.29, 1.82) is 0 Å². The van der Waals surface area contributed by atoms with Gasteiger partial charge in [-0.2, -0.15) is 0 Å². The molecule has 0 aliphatic rings. The quantitative estimate of drug-likeness (QED) is 0.824. The number of carboxylic acid groups (broad SMARTS) is 1. The van der Waals surface area contributed by atoms with Gasteiger partial charge >= 0.3 is 5.97 Å². The third-order valence-corrected chi connectivity index (χ3v) is 3.35. The minimum Gasteiger partial charge on any atom is -0.481 e. The van der Waals surface area contributed by atoms with Gasteiger partial charge in [0.2, 0.25) is 0 Å². The van der Waals surface area contributed by atoms with Crippen molar-refractivity contribution in [2.45, 2.75) is 32.7 Å². The molecule has 0 saturated heterocycles. The summed E-state index contributed by atoms with van der Waals surface area (Å²) in [6, 6.07) is 9.87. The van der Waals surface area contributed by atoms with E-state index in [0.717, 1.165) is 18.7 Å². The lowest BCUT2D eigenvalue weighted by molar-refractivity contribution is -0.140. The summed E-state index contributed by atoms with van der Waals surface area (Å²) in [5.74, 6) is -0.761. The van der Waals surface area contributed by atoms with Gasteiger partial charge in [-0.05, 0) is 25.6 Å². The second-order valence-corrected chi connectivity index (χ2v) is 4.38. The first-order valence-corrected chi connectivity index (χ1v) is 6.07. The van der Waals surface area contributed by atoms with Gasteiger partial charge in [0.15, 0.2) is 0 Å². The van der Waals surface area contributed by atoms with E-state index in [-0.39, 0.29) is 6.42 Å². The van der Waals surface area contributed by atoms with Crippen molar-refractivity contribution in [3.63, 3.8) is 0 Å². The molecule has 0 radical (unpaired) electrons. The SMILES string of the molecule is CCN(CC)C(C)(CC(=O)O)c1ccccc1. The van der Waals surface area contributed by atoms with E-state index < -0.39 is 11.5 Å². The monoisotopic (exact) mass is 235 g/mol. The lowest BCUT2D eigenvalue weighted by Crippen LogP contribution is -2.45. The van der Waals surface area contributed by atoms with Crippen LogP contribution in [0.4, 0.5) is 0 Å². The second kappa shape index (κ2) is 5.82. The topological polar surface area (TPSA) is 40.5 Å². The highest BCUT2D eigenvalue weighted by molar-refractivity contribution is 5.68. The Labute approximate surface area is 103 Å². The van der Waals surface area contributed by atoms with Crippen LogP contribution >= 0.6 is 0 Å². The molecule has 0 aliphatic heterocycles. The third-order valence-electron chi connectivity index (χ3n) is 3.35. The highest BCUT2D eigenvalue weighted by atomic mass is 16.4. The summed E-state index contributed by atoms with van der Waals surface area (Å²) >= 11 is 0. The average Bonchev–Trinajstić information content (AvgIpc) is 2.30. The van der Waals surface area contributed by atoms with E-state index in [9.17, 15) is 4.79 Å². The summed E-state index contributed by atoms with van der Waals surface area (Å²) in [7, 11) is 0. The molecule has 0 aromatic heterocycles. The van der Waals surface area contributed by atoms with Crippen molar-refractivity contribution in [3.8, 4) is 0 Å². The maximum atomic E-state index is 11.1. The van der Waals surface area contributed by atoms with Crippen LogP contribution in [0.2, 0.25) is 0 Å². The van der Waals surface area contributed by atoms with E-state index in [2.05, 4.69) is 18.7 Å². The molecule has 3 heteroatoms. The summed E-state index contributed by atoms with van der Waals surface area (Å²) in [6.45, 7) is 7.81. The van der Waals surface area contributed by atoms with Crippen LogP contribution in [0.5, 0.6) is 0 Å². The highest BCUT2D eigenvalue weighted by Crippen LogP contribution is 2.31. The van der Waals surface area contributed by atoms with Gasteiger partial charge in [-0.1, -0.05) is 44.2 Å². The van der Waals surface area contributed by atoms with Crippen LogP contribution in [0, 0.1) is 0 Å². The molecule has 1 unspecified atom stereocenters. The zero-order valence-corrected chi connectivity index (χ0v) is 10.8. The number of carboxylic acids is 1. The summed E-state index contributed by atoms with van der Waals surface area (Å²) < 4.78 is 0. The lowest BCUT2D eigenvalue weighted by Gasteiger charge is -2.40. The predicted octanol–water partition coefficient (Wildman–Crippen LogP) is 2.72. The Morgan fingerprint density at radius 2 is 1.76 bits per heavy atom. The molecular formula is C14H21NO2. The zero-order valence-electron chi connectivity index (χ0n) is 10.8. The molecule has 3 nitrogen and oxygen atoms in total. The van der Waals surface area contributed by atoms with E-state index in [4.69, 9.17) is 5.11 Å². The van der Waals surface area contributed by atoms with Crippen molar-refractivity contribution < 1.29 is 9.90 Å². The van der Waals surface area contributed by atoms with Crippen molar-refractivity contribution >= 4 is 5.97 Å². The van der Waals surface area contributed by atoms with Crippen LogP contribution < -0.4 is 0 Å². The minimum absolute atomic E-state index is 0.124. The molecule has 0 fully saturated rings.